The number of rotatable bonds is 2. The number of piperidine rings is 1. The fourth-order valence-corrected chi connectivity index (χ4v) is 4.08. The summed E-state index contributed by atoms with van der Waals surface area (Å²) in [7, 11) is 0. The van der Waals surface area contributed by atoms with E-state index < -0.39 is 0 Å². The Balaban J connectivity index is 1.40. The van der Waals surface area contributed by atoms with Crippen molar-refractivity contribution in [1.29, 1.82) is 0 Å². The molecule has 1 fully saturated rings. The second kappa shape index (κ2) is 6.21. The molecule has 5 rings (SSSR count). The number of hydrogen-bond acceptors (Lipinski definition) is 5. The van der Waals surface area contributed by atoms with Crippen LogP contribution in [0.2, 0.25) is 0 Å². The molecular weight excluding hydrogens is 330 g/mol. The van der Waals surface area contributed by atoms with Gasteiger partial charge in [-0.15, -0.1) is 10.2 Å². The number of H-pyrrole nitrogens is 1. The Morgan fingerprint density at radius 1 is 1.27 bits per heavy atom. The zero-order valence-electron chi connectivity index (χ0n) is 14.5. The van der Waals surface area contributed by atoms with Crippen LogP contribution in [0.1, 0.15) is 46.3 Å². The van der Waals surface area contributed by atoms with Crippen LogP contribution in [0.15, 0.2) is 24.4 Å². The summed E-state index contributed by atoms with van der Waals surface area (Å²) in [5.41, 5.74) is 3.55. The van der Waals surface area contributed by atoms with Gasteiger partial charge in [-0.1, -0.05) is 6.07 Å². The predicted octanol–water partition coefficient (Wildman–Crippen LogP) is 1.12. The molecule has 8 nitrogen and oxygen atoms in total. The molecule has 2 aliphatic rings. The lowest BCUT2D eigenvalue weighted by atomic mass is 9.96. The molecule has 2 aliphatic heterocycles. The summed E-state index contributed by atoms with van der Waals surface area (Å²) in [6.45, 7) is 3.07. The Morgan fingerprint density at radius 3 is 3.19 bits per heavy atom. The summed E-state index contributed by atoms with van der Waals surface area (Å²) in [4.78, 5) is 15.0. The number of hydrogen-bond donors (Lipinski definition) is 2. The van der Waals surface area contributed by atoms with Crippen molar-refractivity contribution in [3.63, 3.8) is 0 Å². The summed E-state index contributed by atoms with van der Waals surface area (Å²) < 4.78 is 2.03. The summed E-state index contributed by atoms with van der Waals surface area (Å²) in [5, 5.41) is 19.3. The number of carbonyl (C=O) groups excluding carboxylic acids is 1. The minimum atomic E-state index is 0.0305. The van der Waals surface area contributed by atoms with E-state index >= 15 is 0 Å². The molecule has 5 heterocycles. The van der Waals surface area contributed by atoms with Crippen molar-refractivity contribution >= 4 is 11.6 Å². The van der Waals surface area contributed by atoms with Crippen molar-refractivity contribution < 1.29 is 4.79 Å². The van der Waals surface area contributed by atoms with Crippen LogP contribution >= 0.6 is 0 Å². The lowest BCUT2D eigenvalue weighted by Gasteiger charge is -2.31. The summed E-state index contributed by atoms with van der Waals surface area (Å²) in [6.07, 6.45) is 4.82. The van der Waals surface area contributed by atoms with Crippen LogP contribution in [-0.4, -0.2) is 55.2 Å². The summed E-state index contributed by atoms with van der Waals surface area (Å²) >= 11 is 0. The lowest BCUT2D eigenvalue weighted by Crippen LogP contribution is -2.40. The Kier molecular flexibility index (Phi) is 3.70. The smallest absolute Gasteiger partial charge is 0.274 e. The highest BCUT2D eigenvalue weighted by Gasteiger charge is 2.31. The summed E-state index contributed by atoms with van der Waals surface area (Å²) in [5.74, 6) is 1.16. The van der Waals surface area contributed by atoms with Crippen LogP contribution in [0.4, 0.5) is 0 Å². The molecule has 2 N–H and O–H groups in total. The number of fused-ring (bicyclic) bond motifs is 2. The van der Waals surface area contributed by atoms with Gasteiger partial charge in [0.2, 0.25) is 0 Å². The second-order valence-electron chi connectivity index (χ2n) is 7.03. The second-order valence-corrected chi connectivity index (χ2v) is 7.03. The van der Waals surface area contributed by atoms with Crippen LogP contribution in [-0.2, 0) is 13.0 Å². The maximum absolute atomic E-state index is 13.1. The monoisotopic (exact) mass is 351 g/mol. The molecule has 0 aliphatic carbocycles. The predicted molar refractivity (Wildman–Crippen MR) is 94.9 cm³/mol. The molecule has 8 heteroatoms. The minimum Gasteiger partial charge on any atom is -0.337 e. The standard InChI is InChI=1S/C18H21N7O/c26-18(16-13-6-7-19-10-14(13)20-22-16)24-8-3-4-12(11-24)17-23-21-15-5-1-2-9-25(15)17/h1-2,5,9,12,19H,3-4,6-8,10-11H2,(H,20,22). The van der Waals surface area contributed by atoms with E-state index in [4.69, 9.17) is 0 Å². The number of carbonyl (C=O) groups is 1. The van der Waals surface area contributed by atoms with Crippen LogP contribution in [0.25, 0.3) is 5.65 Å². The van der Waals surface area contributed by atoms with Gasteiger partial charge in [-0.2, -0.15) is 5.10 Å². The molecule has 0 spiro atoms. The van der Waals surface area contributed by atoms with Crippen molar-refractivity contribution in [3.05, 3.63) is 47.2 Å². The molecule has 1 saturated heterocycles. The first-order valence-corrected chi connectivity index (χ1v) is 9.17. The first kappa shape index (κ1) is 15.5. The highest BCUT2D eigenvalue weighted by molar-refractivity contribution is 5.94. The van der Waals surface area contributed by atoms with Gasteiger partial charge >= 0.3 is 0 Å². The third-order valence-electron chi connectivity index (χ3n) is 5.42. The number of nitrogens with one attached hydrogen (secondary N) is 2. The van der Waals surface area contributed by atoms with E-state index in [0.29, 0.717) is 12.2 Å². The van der Waals surface area contributed by atoms with Crippen molar-refractivity contribution in [3.8, 4) is 0 Å². The van der Waals surface area contributed by atoms with Gasteiger partial charge in [0.1, 0.15) is 5.82 Å². The van der Waals surface area contributed by atoms with E-state index in [9.17, 15) is 4.79 Å². The van der Waals surface area contributed by atoms with Crippen molar-refractivity contribution in [2.24, 2.45) is 0 Å². The number of likely N-dealkylation sites (tertiary alicyclic amines) is 1. The maximum Gasteiger partial charge on any atom is 0.274 e. The average molecular weight is 351 g/mol. The Labute approximate surface area is 150 Å². The van der Waals surface area contributed by atoms with E-state index in [0.717, 1.165) is 61.6 Å². The van der Waals surface area contributed by atoms with Crippen molar-refractivity contribution in [2.45, 2.75) is 31.7 Å². The van der Waals surface area contributed by atoms with Crippen LogP contribution in [0.3, 0.4) is 0 Å². The van der Waals surface area contributed by atoms with Crippen molar-refractivity contribution in [2.75, 3.05) is 19.6 Å². The number of aromatic amines is 1. The van der Waals surface area contributed by atoms with Crippen LogP contribution in [0, 0.1) is 0 Å². The molecule has 134 valence electrons. The number of nitrogens with zero attached hydrogens (tertiary/aromatic N) is 5. The maximum atomic E-state index is 13.1. The molecule has 1 unspecified atom stereocenters. The number of pyridine rings is 1. The van der Waals surface area contributed by atoms with Gasteiger partial charge in [0.15, 0.2) is 11.3 Å². The van der Waals surface area contributed by atoms with E-state index in [1.165, 1.54) is 0 Å². The molecule has 26 heavy (non-hydrogen) atoms. The SMILES string of the molecule is O=C(c1n[nH]c2c1CCNC2)N1CCCC(c2nnc3ccccn23)C1. The third kappa shape index (κ3) is 2.48. The van der Waals surface area contributed by atoms with Gasteiger partial charge in [-0.05, 0) is 37.9 Å². The number of aromatic nitrogens is 5. The largest absolute Gasteiger partial charge is 0.337 e. The lowest BCUT2D eigenvalue weighted by molar-refractivity contribution is 0.0697. The highest BCUT2D eigenvalue weighted by atomic mass is 16.2. The van der Waals surface area contributed by atoms with Gasteiger partial charge in [-0.25, -0.2) is 0 Å². The van der Waals surface area contributed by atoms with Gasteiger partial charge in [-0.3, -0.25) is 14.3 Å². The van der Waals surface area contributed by atoms with Crippen molar-refractivity contribution in [1.82, 2.24) is 35.0 Å². The fraction of sp³-hybridized carbons (Fsp3) is 0.444. The average Bonchev–Trinajstić information content (AvgIpc) is 3.32. The molecule has 0 radical (unpaired) electrons. The Morgan fingerprint density at radius 2 is 2.23 bits per heavy atom. The molecule has 1 atom stereocenters. The molecular formula is C18H21N7O. The Bertz CT molecular complexity index is 960. The molecule has 1 amide bonds. The van der Waals surface area contributed by atoms with Gasteiger partial charge in [0.05, 0.1) is 5.69 Å². The normalized spacial score (nSPS) is 20.3. The zero-order chi connectivity index (χ0) is 17.5. The zero-order valence-corrected chi connectivity index (χ0v) is 14.5. The fourth-order valence-electron chi connectivity index (χ4n) is 4.08. The quantitative estimate of drug-likeness (QED) is 0.722. The first-order valence-electron chi connectivity index (χ1n) is 9.17. The summed E-state index contributed by atoms with van der Waals surface area (Å²) in [6, 6.07) is 5.89. The van der Waals surface area contributed by atoms with E-state index in [2.05, 4.69) is 25.7 Å². The third-order valence-corrected chi connectivity index (χ3v) is 5.42. The van der Waals surface area contributed by atoms with Crippen LogP contribution in [0.5, 0.6) is 0 Å². The topological polar surface area (TPSA) is 91.2 Å². The number of amides is 1. The first-order chi connectivity index (χ1) is 12.8. The van der Waals surface area contributed by atoms with Crippen LogP contribution < -0.4 is 5.32 Å². The van der Waals surface area contributed by atoms with E-state index in [-0.39, 0.29) is 11.8 Å². The van der Waals surface area contributed by atoms with E-state index in [1.807, 2.05) is 33.7 Å². The van der Waals surface area contributed by atoms with Gasteiger partial charge < -0.3 is 10.2 Å². The van der Waals surface area contributed by atoms with E-state index in [1.54, 1.807) is 0 Å². The van der Waals surface area contributed by atoms with Gasteiger partial charge in [0, 0.05) is 37.3 Å². The minimum absolute atomic E-state index is 0.0305. The molecule has 0 bridgehead atoms. The molecule has 0 saturated carbocycles. The Hall–Kier alpha value is -2.74. The highest BCUT2D eigenvalue weighted by Crippen LogP contribution is 2.27. The van der Waals surface area contributed by atoms with Gasteiger partial charge in [0.25, 0.3) is 5.91 Å². The molecule has 3 aromatic rings. The molecule has 0 aromatic carbocycles. The molecule has 3 aromatic heterocycles.